The number of nitrogens with zero attached hydrogens (tertiary/aromatic N) is 2. The van der Waals surface area contributed by atoms with E-state index in [-0.39, 0.29) is 17.0 Å². The number of thioether (sulfide) groups is 1. The van der Waals surface area contributed by atoms with Crippen LogP contribution in [0.3, 0.4) is 0 Å². The van der Waals surface area contributed by atoms with E-state index in [1.165, 1.54) is 40.7 Å². The summed E-state index contributed by atoms with van der Waals surface area (Å²) in [7, 11) is 0. The van der Waals surface area contributed by atoms with Crippen LogP contribution in [0.2, 0.25) is 0 Å². The molecule has 0 fully saturated rings. The summed E-state index contributed by atoms with van der Waals surface area (Å²) >= 11 is 1.43. The molecule has 0 spiro atoms. The number of aromatic nitrogens is 2. The van der Waals surface area contributed by atoms with Gasteiger partial charge in [-0.2, -0.15) is 8.78 Å². The van der Waals surface area contributed by atoms with E-state index in [0.29, 0.717) is 11.7 Å². The first-order valence-electron chi connectivity index (χ1n) is 6.64. The van der Waals surface area contributed by atoms with Crippen LogP contribution in [0, 0.1) is 0 Å². The van der Waals surface area contributed by atoms with Gasteiger partial charge in [-0.1, -0.05) is 23.9 Å². The van der Waals surface area contributed by atoms with Crippen molar-refractivity contribution in [2.75, 3.05) is 11.1 Å². The first-order valence-corrected chi connectivity index (χ1v) is 7.62. The minimum Gasteiger partial charge on any atom is -0.433 e. The highest BCUT2D eigenvalue weighted by Gasteiger charge is 2.21. The van der Waals surface area contributed by atoms with Crippen molar-refractivity contribution in [1.29, 1.82) is 0 Å². The number of hydrogen-bond acceptors (Lipinski definition) is 5. The minimum absolute atomic E-state index is 0.0528. The molecule has 1 aromatic carbocycles. The molecule has 3 rings (SSSR count). The summed E-state index contributed by atoms with van der Waals surface area (Å²) in [4.78, 5) is 28.6. The van der Waals surface area contributed by atoms with Gasteiger partial charge in [0.1, 0.15) is 11.3 Å². The number of alkyl halides is 2. The van der Waals surface area contributed by atoms with E-state index in [0.717, 1.165) is 5.75 Å². The topological polar surface area (TPSA) is 73.2 Å². The standard InChI is InChI=1S/C14H11F2N3O3S/c15-13(16)22-10-4-2-1-3-9(10)18-11(20)8-7-17-14-19(12(8)21)5-6-23-14/h1-4,7,13H,5-6H2,(H,18,20). The second kappa shape index (κ2) is 6.37. The smallest absolute Gasteiger partial charge is 0.387 e. The van der Waals surface area contributed by atoms with Gasteiger partial charge in [0.2, 0.25) is 0 Å². The van der Waals surface area contributed by atoms with E-state index in [9.17, 15) is 18.4 Å². The van der Waals surface area contributed by atoms with Crippen molar-refractivity contribution in [3.8, 4) is 5.75 Å². The lowest BCUT2D eigenvalue weighted by atomic mass is 10.2. The highest BCUT2D eigenvalue weighted by Crippen LogP contribution is 2.26. The molecule has 1 N–H and O–H groups in total. The number of para-hydroxylation sites is 2. The Balaban J connectivity index is 1.87. The van der Waals surface area contributed by atoms with Crippen molar-refractivity contribution in [2.45, 2.75) is 18.3 Å². The zero-order valence-corrected chi connectivity index (χ0v) is 12.5. The third-order valence-corrected chi connectivity index (χ3v) is 4.12. The van der Waals surface area contributed by atoms with Gasteiger partial charge in [0.05, 0.1) is 5.69 Å². The molecule has 120 valence electrons. The lowest BCUT2D eigenvalue weighted by molar-refractivity contribution is -0.0493. The van der Waals surface area contributed by atoms with Gasteiger partial charge < -0.3 is 10.1 Å². The Hall–Kier alpha value is -2.42. The van der Waals surface area contributed by atoms with Crippen LogP contribution in [0.1, 0.15) is 10.4 Å². The van der Waals surface area contributed by atoms with E-state index in [2.05, 4.69) is 15.0 Å². The van der Waals surface area contributed by atoms with E-state index >= 15 is 0 Å². The quantitative estimate of drug-likeness (QED) is 0.865. The Morgan fingerprint density at radius 1 is 1.39 bits per heavy atom. The van der Waals surface area contributed by atoms with Gasteiger partial charge in [0.15, 0.2) is 5.16 Å². The molecule has 1 amide bonds. The fourth-order valence-corrected chi connectivity index (χ4v) is 3.05. The molecular weight excluding hydrogens is 328 g/mol. The molecule has 0 radical (unpaired) electrons. The average Bonchev–Trinajstić information content (AvgIpc) is 2.98. The maximum absolute atomic E-state index is 12.4. The van der Waals surface area contributed by atoms with Crippen LogP contribution in [-0.2, 0) is 6.54 Å². The normalized spacial score (nSPS) is 13.0. The zero-order chi connectivity index (χ0) is 16.4. The average molecular weight is 339 g/mol. The number of carbonyl (C=O) groups is 1. The number of benzene rings is 1. The predicted octanol–water partition coefficient (Wildman–Crippen LogP) is 2.20. The van der Waals surface area contributed by atoms with Crippen LogP contribution in [0.15, 0.2) is 40.4 Å². The van der Waals surface area contributed by atoms with E-state index in [4.69, 9.17) is 0 Å². The molecule has 2 heterocycles. The fourth-order valence-electron chi connectivity index (χ4n) is 2.13. The van der Waals surface area contributed by atoms with Crippen molar-refractivity contribution in [3.05, 3.63) is 46.4 Å². The van der Waals surface area contributed by atoms with Crippen molar-refractivity contribution >= 4 is 23.4 Å². The Morgan fingerprint density at radius 2 is 2.17 bits per heavy atom. The number of fused-ring (bicyclic) bond motifs is 1. The Bertz CT molecular complexity index is 810. The molecular formula is C14H11F2N3O3S. The first kappa shape index (κ1) is 15.5. The molecule has 23 heavy (non-hydrogen) atoms. The number of halogens is 2. The van der Waals surface area contributed by atoms with E-state index in [1.54, 1.807) is 6.07 Å². The summed E-state index contributed by atoms with van der Waals surface area (Å²) in [5, 5.41) is 2.97. The molecule has 0 unspecified atom stereocenters. The lowest BCUT2D eigenvalue weighted by Crippen LogP contribution is -2.29. The maximum Gasteiger partial charge on any atom is 0.387 e. The van der Waals surface area contributed by atoms with E-state index in [1.807, 2.05) is 0 Å². The number of hydrogen-bond donors (Lipinski definition) is 1. The van der Waals surface area contributed by atoms with Crippen molar-refractivity contribution in [3.63, 3.8) is 0 Å². The van der Waals surface area contributed by atoms with Crippen LogP contribution in [0.4, 0.5) is 14.5 Å². The molecule has 1 aliphatic heterocycles. The molecule has 0 saturated carbocycles. The monoisotopic (exact) mass is 339 g/mol. The maximum atomic E-state index is 12.4. The second-order valence-corrected chi connectivity index (χ2v) is 5.65. The SMILES string of the molecule is O=C(Nc1ccccc1OC(F)F)c1cnc2n(c1=O)CCS2. The number of amides is 1. The third-order valence-electron chi connectivity index (χ3n) is 3.15. The second-order valence-electron chi connectivity index (χ2n) is 4.59. The Labute approximate surface area is 133 Å². The van der Waals surface area contributed by atoms with Gasteiger partial charge in [-0.05, 0) is 12.1 Å². The molecule has 9 heteroatoms. The van der Waals surface area contributed by atoms with Gasteiger partial charge in [-0.15, -0.1) is 0 Å². The van der Waals surface area contributed by atoms with Gasteiger partial charge in [-0.3, -0.25) is 14.2 Å². The van der Waals surface area contributed by atoms with E-state index < -0.39 is 18.1 Å². The van der Waals surface area contributed by atoms with Gasteiger partial charge in [0, 0.05) is 18.5 Å². The Morgan fingerprint density at radius 3 is 2.96 bits per heavy atom. The summed E-state index contributed by atoms with van der Waals surface area (Å²) in [6.45, 7) is -2.53. The van der Waals surface area contributed by atoms with Crippen LogP contribution >= 0.6 is 11.8 Å². The molecule has 0 saturated heterocycles. The van der Waals surface area contributed by atoms with Crippen LogP contribution < -0.4 is 15.6 Å². The summed E-state index contributed by atoms with van der Waals surface area (Å²) in [5.74, 6) is -0.182. The van der Waals surface area contributed by atoms with Gasteiger partial charge >= 0.3 is 6.61 Å². The summed E-state index contributed by atoms with van der Waals surface area (Å²) in [6.07, 6.45) is 1.19. The van der Waals surface area contributed by atoms with Crippen molar-refractivity contribution < 1.29 is 18.3 Å². The summed E-state index contributed by atoms with van der Waals surface area (Å²) < 4.78 is 30.5. The lowest BCUT2D eigenvalue weighted by Gasteiger charge is -2.11. The molecule has 0 aliphatic carbocycles. The molecule has 1 aliphatic rings. The van der Waals surface area contributed by atoms with Crippen molar-refractivity contribution in [2.24, 2.45) is 0 Å². The molecule has 0 bridgehead atoms. The van der Waals surface area contributed by atoms with Crippen LogP contribution in [0.25, 0.3) is 0 Å². The predicted molar refractivity (Wildman–Crippen MR) is 80.2 cm³/mol. The third kappa shape index (κ3) is 3.19. The number of carbonyl (C=O) groups excluding carboxylic acids is 1. The van der Waals surface area contributed by atoms with Gasteiger partial charge in [-0.25, -0.2) is 4.98 Å². The highest BCUT2D eigenvalue weighted by atomic mass is 32.2. The highest BCUT2D eigenvalue weighted by molar-refractivity contribution is 7.99. The first-order chi connectivity index (χ1) is 11.1. The van der Waals surface area contributed by atoms with Crippen LogP contribution in [-0.4, -0.2) is 27.8 Å². The number of nitrogens with one attached hydrogen (secondary N) is 1. The minimum atomic E-state index is -3.02. The van der Waals surface area contributed by atoms with Crippen LogP contribution in [0.5, 0.6) is 5.75 Å². The zero-order valence-electron chi connectivity index (χ0n) is 11.7. The largest absolute Gasteiger partial charge is 0.433 e. The molecule has 2 aromatic rings. The number of anilines is 1. The summed E-state index contributed by atoms with van der Waals surface area (Å²) in [6, 6.07) is 5.75. The van der Waals surface area contributed by atoms with Crippen molar-refractivity contribution in [1.82, 2.24) is 9.55 Å². The fraction of sp³-hybridized carbons (Fsp3) is 0.214. The number of rotatable bonds is 4. The molecule has 1 aromatic heterocycles. The number of ether oxygens (including phenoxy) is 1. The molecule has 0 atom stereocenters. The Kier molecular flexibility index (Phi) is 4.28. The molecule has 6 nitrogen and oxygen atoms in total. The summed E-state index contributed by atoms with van der Waals surface area (Å²) in [5.41, 5.74) is -0.551. The van der Waals surface area contributed by atoms with Gasteiger partial charge in [0.25, 0.3) is 11.5 Å².